The van der Waals surface area contributed by atoms with Crippen molar-refractivity contribution in [3.8, 4) is 0 Å². The SMILES string of the molecule is CNC(=O)C1CCCCN1c1cnc(N)cn1. The highest BCUT2D eigenvalue weighted by Crippen LogP contribution is 2.22. The van der Waals surface area contributed by atoms with Crippen molar-refractivity contribution in [2.45, 2.75) is 25.3 Å². The highest BCUT2D eigenvalue weighted by molar-refractivity contribution is 5.84. The summed E-state index contributed by atoms with van der Waals surface area (Å²) in [5.74, 6) is 1.14. The van der Waals surface area contributed by atoms with Gasteiger partial charge in [0.05, 0.1) is 12.4 Å². The number of nitrogens with one attached hydrogen (secondary N) is 1. The smallest absolute Gasteiger partial charge is 0.242 e. The van der Waals surface area contributed by atoms with Gasteiger partial charge in [-0.1, -0.05) is 0 Å². The molecule has 1 unspecified atom stereocenters. The molecule has 0 aromatic carbocycles. The Bertz CT molecular complexity index is 391. The first-order valence-electron chi connectivity index (χ1n) is 5.78. The number of carbonyl (C=O) groups is 1. The minimum Gasteiger partial charge on any atom is -0.382 e. The number of anilines is 2. The van der Waals surface area contributed by atoms with Crippen molar-refractivity contribution in [1.82, 2.24) is 15.3 Å². The lowest BCUT2D eigenvalue weighted by atomic mass is 10.0. The molecule has 1 aliphatic rings. The Morgan fingerprint density at radius 1 is 1.47 bits per heavy atom. The fraction of sp³-hybridized carbons (Fsp3) is 0.545. The second kappa shape index (κ2) is 4.99. The van der Waals surface area contributed by atoms with Gasteiger partial charge in [-0.15, -0.1) is 0 Å². The number of nitrogen functional groups attached to an aromatic ring is 1. The number of aromatic nitrogens is 2. The monoisotopic (exact) mass is 235 g/mol. The van der Waals surface area contributed by atoms with E-state index in [0.29, 0.717) is 11.6 Å². The average molecular weight is 235 g/mol. The zero-order valence-electron chi connectivity index (χ0n) is 9.89. The maximum atomic E-state index is 11.8. The molecule has 92 valence electrons. The van der Waals surface area contributed by atoms with Gasteiger partial charge in [0.1, 0.15) is 17.7 Å². The van der Waals surface area contributed by atoms with Gasteiger partial charge < -0.3 is 16.0 Å². The van der Waals surface area contributed by atoms with E-state index in [2.05, 4.69) is 15.3 Å². The number of rotatable bonds is 2. The quantitative estimate of drug-likeness (QED) is 0.763. The van der Waals surface area contributed by atoms with E-state index in [1.165, 1.54) is 6.20 Å². The minimum absolute atomic E-state index is 0.0309. The van der Waals surface area contributed by atoms with Crippen LogP contribution in [0, 0.1) is 0 Å². The highest BCUT2D eigenvalue weighted by atomic mass is 16.2. The van der Waals surface area contributed by atoms with Crippen molar-refractivity contribution in [3.63, 3.8) is 0 Å². The Kier molecular flexibility index (Phi) is 3.41. The molecule has 2 heterocycles. The van der Waals surface area contributed by atoms with Gasteiger partial charge in [-0.05, 0) is 19.3 Å². The zero-order valence-corrected chi connectivity index (χ0v) is 9.89. The molecule has 0 saturated carbocycles. The van der Waals surface area contributed by atoms with Gasteiger partial charge in [0, 0.05) is 13.6 Å². The molecule has 1 fully saturated rings. The largest absolute Gasteiger partial charge is 0.382 e. The molecular weight excluding hydrogens is 218 g/mol. The number of carbonyl (C=O) groups excluding carboxylic acids is 1. The number of piperidine rings is 1. The lowest BCUT2D eigenvalue weighted by molar-refractivity contribution is -0.122. The lowest BCUT2D eigenvalue weighted by Crippen LogP contribution is -2.49. The van der Waals surface area contributed by atoms with E-state index < -0.39 is 0 Å². The second-order valence-corrected chi connectivity index (χ2v) is 4.12. The van der Waals surface area contributed by atoms with Crippen molar-refractivity contribution >= 4 is 17.5 Å². The molecule has 1 aromatic heterocycles. The van der Waals surface area contributed by atoms with E-state index in [4.69, 9.17) is 5.73 Å². The van der Waals surface area contributed by atoms with Gasteiger partial charge in [0.25, 0.3) is 0 Å². The third-order valence-electron chi connectivity index (χ3n) is 3.00. The van der Waals surface area contributed by atoms with Crippen LogP contribution in [0.5, 0.6) is 0 Å². The van der Waals surface area contributed by atoms with Crippen LogP contribution in [0.3, 0.4) is 0 Å². The van der Waals surface area contributed by atoms with E-state index in [1.807, 2.05) is 4.90 Å². The summed E-state index contributed by atoms with van der Waals surface area (Å²) in [5, 5.41) is 2.69. The summed E-state index contributed by atoms with van der Waals surface area (Å²) >= 11 is 0. The van der Waals surface area contributed by atoms with Gasteiger partial charge in [-0.3, -0.25) is 4.79 Å². The first kappa shape index (κ1) is 11.6. The third kappa shape index (κ3) is 2.46. The number of nitrogens with two attached hydrogens (primary N) is 1. The van der Waals surface area contributed by atoms with Crippen molar-refractivity contribution in [1.29, 1.82) is 0 Å². The van der Waals surface area contributed by atoms with Gasteiger partial charge in [-0.2, -0.15) is 0 Å². The van der Waals surface area contributed by atoms with E-state index in [9.17, 15) is 4.79 Å². The lowest BCUT2D eigenvalue weighted by Gasteiger charge is -2.35. The van der Waals surface area contributed by atoms with Crippen LogP contribution in [-0.4, -0.2) is 35.5 Å². The van der Waals surface area contributed by atoms with Gasteiger partial charge >= 0.3 is 0 Å². The second-order valence-electron chi connectivity index (χ2n) is 4.12. The fourth-order valence-corrected chi connectivity index (χ4v) is 2.12. The number of hydrogen-bond donors (Lipinski definition) is 2. The first-order valence-corrected chi connectivity index (χ1v) is 5.78. The number of nitrogens with zero attached hydrogens (tertiary/aromatic N) is 3. The molecule has 0 radical (unpaired) electrons. The fourth-order valence-electron chi connectivity index (χ4n) is 2.12. The van der Waals surface area contributed by atoms with Crippen LogP contribution >= 0.6 is 0 Å². The Balaban J connectivity index is 2.21. The summed E-state index contributed by atoms with van der Waals surface area (Å²) in [5.41, 5.74) is 5.51. The van der Waals surface area contributed by atoms with Crippen LogP contribution in [0.15, 0.2) is 12.4 Å². The first-order chi connectivity index (χ1) is 8.22. The summed E-state index contributed by atoms with van der Waals surface area (Å²) in [6.45, 7) is 0.830. The Labute approximate surface area is 100 Å². The number of hydrogen-bond acceptors (Lipinski definition) is 5. The summed E-state index contributed by atoms with van der Waals surface area (Å²) in [4.78, 5) is 22.0. The van der Waals surface area contributed by atoms with Crippen LogP contribution in [-0.2, 0) is 4.79 Å². The van der Waals surface area contributed by atoms with Gasteiger partial charge in [-0.25, -0.2) is 9.97 Å². The maximum Gasteiger partial charge on any atom is 0.242 e. The molecule has 0 aliphatic carbocycles. The predicted molar refractivity (Wildman–Crippen MR) is 65.5 cm³/mol. The standard InChI is InChI=1S/C11H17N5O/c1-13-11(17)8-4-2-3-5-16(8)10-7-14-9(12)6-15-10/h6-8H,2-5H2,1H3,(H2,12,14)(H,13,17). The van der Waals surface area contributed by atoms with Gasteiger partial charge in [0.15, 0.2) is 0 Å². The van der Waals surface area contributed by atoms with Crippen LogP contribution < -0.4 is 16.0 Å². The predicted octanol–water partition coefficient (Wildman–Crippen LogP) is 0.164. The van der Waals surface area contributed by atoms with Crippen LogP contribution in [0.1, 0.15) is 19.3 Å². The molecule has 1 aliphatic heterocycles. The molecule has 1 saturated heterocycles. The van der Waals surface area contributed by atoms with E-state index >= 15 is 0 Å². The number of amides is 1. The molecule has 6 nitrogen and oxygen atoms in total. The Morgan fingerprint density at radius 3 is 2.94 bits per heavy atom. The molecule has 17 heavy (non-hydrogen) atoms. The molecule has 0 spiro atoms. The topological polar surface area (TPSA) is 84.1 Å². The van der Waals surface area contributed by atoms with Crippen LogP contribution in [0.2, 0.25) is 0 Å². The van der Waals surface area contributed by atoms with Crippen LogP contribution in [0.25, 0.3) is 0 Å². The van der Waals surface area contributed by atoms with Gasteiger partial charge in [0.2, 0.25) is 5.91 Å². The summed E-state index contributed by atoms with van der Waals surface area (Å²) < 4.78 is 0. The average Bonchev–Trinajstić information content (AvgIpc) is 2.39. The van der Waals surface area contributed by atoms with Crippen molar-refractivity contribution in [3.05, 3.63) is 12.4 Å². The summed E-state index contributed by atoms with van der Waals surface area (Å²) in [6.07, 6.45) is 6.13. The highest BCUT2D eigenvalue weighted by Gasteiger charge is 2.28. The molecule has 2 rings (SSSR count). The molecule has 3 N–H and O–H groups in total. The summed E-state index contributed by atoms with van der Waals surface area (Å²) in [7, 11) is 1.66. The van der Waals surface area contributed by atoms with Crippen molar-refractivity contribution in [2.24, 2.45) is 0 Å². The van der Waals surface area contributed by atoms with E-state index in [0.717, 1.165) is 25.8 Å². The zero-order chi connectivity index (χ0) is 12.3. The maximum absolute atomic E-state index is 11.8. The minimum atomic E-state index is -0.147. The molecular formula is C11H17N5O. The molecule has 1 aromatic rings. The van der Waals surface area contributed by atoms with E-state index in [1.54, 1.807) is 13.2 Å². The van der Waals surface area contributed by atoms with E-state index in [-0.39, 0.29) is 11.9 Å². The molecule has 1 amide bonds. The van der Waals surface area contributed by atoms with Crippen molar-refractivity contribution in [2.75, 3.05) is 24.2 Å². The number of likely N-dealkylation sites (N-methyl/N-ethyl adjacent to an activating group) is 1. The van der Waals surface area contributed by atoms with Crippen molar-refractivity contribution < 1.29 is 4.79 Å². The molecule has 6 heteroatoms. The Morgan fingerprint density at radius 2 is 2.29 bits per heavy atom. The third-order valence-corrected chi connectivity index (χ3v) is 3.00. The summed E-state index contributed by atoms with van der Waals surface area (Å²) in [6, 6.07) is -0.147. The Hall–Kier alpha value is -1.85. The van der Waals surface area contributed by atoms with Crippen LogP contribution in [0.4, 0.5) is 11.6 Å². The molecule has 0 bridgehead atoms. The normalized spacial score (nSPS) is 20.1. The molecule has 1 atom stereocenters.